The van der Waals surface area contributed by atoms with Crippen LogP contribution >= 0.6 is 35.6 Å². The molecule has 1 aromatic carbocycles. The summed E-state index contributed by atoms with van der Waals surface area (Å²) in [6, 6.07) is 10.0. The van der Waals surface area contributed by atoms with Crippen LogP contribution in [-0.2, 0) is 10.2 Å². The highest BCUT2D eigenvalue weighted by atomic mass is 127. The molecule has 32 heavy (non-hydrogen) atoms. The number of ether oxygens (including phenoxy) is 1. The van der Waals surface area contributed by atoms with Gasteiger partial charge in [0.15, 0.2) is 5.96 Å². The summed E-state index contributed by atoms with van der Waals surface area (Å²) in [5.41, 5.74) is 1.10. The number of hydrogen-bond acceptors (Lipinski definition) is 5. The molecule has 0 spiro atoms. The number of piperazine rings is 1. The van der Waals surface area contributed by atoms with E-state index in [0.29, 0.717) is 6.54 Å². The van der Waals surface area contributed by atoms with Gasteiger partial charge in [-0.2, -0.15) is 0 Å². The van der Waals surface area contributed by atoms with Crippen molar-refractivity contribution >= 4 is 47.5 Å². The van der Waals surface area contributed by atoms with Crippen LogP contribution in [0.25, 0.3) is 0 Å². The van der Waals surface area contributed by atoms with Crippen molar-refractivity contribution in [3.8, 4) is 0 Å². The second kappa shape index (κ2) is 12.0. The summed E-state index contributed by atoms with van der Waals surface area (Å²) in [4.78, 5) is 18.4. The van der Waals surface area contributed by atoms with Crippen LogP contribution in [0.1, 0.15) is 25.3 Å². The molecule has 2 saturated heterocycles. The Morgan fingerprint density at radius 2 is 1.78 bits per heavy atom. The van der Waals surface area contributed by atoms with Crippen molar-refractivity contribution < 1.29 is 4.74 Å². The minimum absolute atomic E-state index is 0. The Morgan fingerprint density at radius 3 is 2.44 bits per heavy atom. The SMILES string of the molecule is CCNC(=NCC1(c2ccccc2Cl)CCOCC1)N1CCN(c2ncccn2)CC1.I. The fraction of sp³-hybridized carbons (Fsp3) is 0.522. The third-order valence-corrected chi connectivity index (χ3v) is 6.51. The molecule has 1 aromatic heterocycles. The molecule has 0 bridgehead atoms. The first kappa shape index (κ1) is 25.0. The predicted octanol–water partition coefficient (Wildman–Crippen LogP) is 3.58. The van der Waals surface area contributed by atoms with E-state index >= 15 is 0 Å². The summed E-state index contributed by atoms with van der Waals surface area (Å²) >= 11 is 6.61. The quantitative estimate of drug-likeness (QED) is 0.337. The molecular formula is C23H32ClIN6O. The molecule has 0 saturated carbocycles. The van der Waals surface area contributed by atoms with E-state index < -0.39 is 0 Å². The Balaban J connectivity index is 0.00000289. The van der Waals surface area contributed by atoms with Crippen LogP contribution in [0.2, 0.25) is 5.02 Å². The van der Waals surface area contributed by atoms with Crippen molar-refractivity contribution in [3.63, 3.8) is 0 Å². The normalized spacial score (nSPS) is 18.8. The maximum Gasteiger partial charge on any atom is 0.225 e. The zero-order valence-electron chi connectivity index (χ0n) is 18.5. The van der Waals surface area contributed by atoms with Gasteiger partial charge in [-0.1, -0.05) is 29.8 Å². The highest BCUT2D eigenvalue weighted by Crippen LogP contribution is 2.39. The van der Waals surface area contributed by atoms with Gasteiger partial charge in [-0.05, 0) is 37.5 Å². The van der Waals surface area contributed by atoms with E-state index in [0.717, 1.165) is 75.7 Å². The molecule has 2 aromatic rings. The molecule has 4 rings (SSSR count). The summed E-state index contributed by atoms with van der Waals surface area (Å²) in [7, 11) is 0. The molecule has 0 aliphatic carbocycles. The Morgan fingerprint density at radius 1 is 1.09 bits per heavy atom. The fourth-order valence-electron chi connectivity index (χ4n) is 4.39. The third-order valence-electron chi connectivity index (χ3n) is 6.18. The third kappa shape index (κ3) is 5.82. The lowest BCUT2D eigenvalue weighted by Gasteiger charge is -2.39. The van der Waals surface area contributed by atoms with E-state index in [-0.39, 0.29) is 29.4 Å². The zero-order chi connectivity index (χ0) is 21.5. The van der Waals surface area contributed by atoms with Crippen molar-refractivity contribution in [1.29, 1.82) is 0 Å². The van der Waals surface area contributed by atoms with E-state index in [4.69, 9.17) is 21.3 Å². The average molecular weight is 571 g/mol. The number of nitrogens with zero attached hydrogens (tertiary/aromatic N) is 5. The molecule has 7 nitrogen and oxygen atoms in total. The van der Waals surface area contributed by atoms with Gasteiger partial charge in [0.05, 0.1) is 6.54 Å². The number of hydrogen-bond donors (Lipinski definition) is 1. The predicted molar refractivity (Wildman–Crippen MR) is 140 cm³/mol. The van der Waals surface area contributed by atoms with E-state index in [1.807, 2.05) is 18.2 Å². The second-order valence-electron chi connectivity index (χ2n) is 8.07. The summed E-state index contributed by atoms with van der Waals surface area (Å²) in [6.45, 7) is 8.64. The van der Waals surface area contributed by atoms with Crippen molar-refractivity contribution in [2.45, 2.75) is 25.2 Å². The zero-order valence-corrected chi connectivity index (χ0v) is 21.6. The molecule has 0 amide bonds. The molecule has 2 fully saturated rings. The molecule has 0 radical (unpaired) electrons. The number of benzene rings is 1. The number of rotatable bonds is 5. The largest absolute Gasteiger partial charge is 0.381 e. The number of nitrogens with one attached hydrogen (secondary N) is 1. The Hall–Kier alpha value is -1.65. The van der Waals surface area contributed by atoms with Gasteiger partial charge in [-0.15, -0.1) is 24.0 Å². The standard InChI is InChI=1S/C23H31ClN6O.HI/c1-2-25-21(29-12-14-30(15-13-29)22-26-10-5-11-27-22)28-18-23(8-16-31-17-9-23)19-6-3-4-7-20(19)24;/h3-7,10-11H,2,8-9,12-18H2,1H3,(H,25,28);1H. The molecule has 2 aliphatic rings. The van der Waals surface area contributed by atoms with Gasteiger partial charge < -0.3 is 19.9 Å². The lowest BCUT2D eigenvalue weighted by Crippen LogP contribution is -2.53. The Labute approximate surface area is 212 Å². The molecule has 2 aliphatic heterocycles. The molecular weight excluding hydrogens is 539 g/mol. The molecule has 0 unspecified atom stereocenters. The van der Waals surface area contributed by atoms with Crippen molar-refractivity contribution in [1.82, 2.24) is 20.2 Å². The van der Waals surface area contributed by atoms with E-state index in [1.165, 1.54) is 5.56 Å². The fourth-order valence-corrected chi connectivity index (χ4v) is 4.73. The van der Waals surface area contributed by atoms with Gasteiger partial charge in [-0.3, -0.25) is 4.99 Å². The average Bonchev–Trinajstić information content (AvgIpc) is 2.83. The maximum atomic E-state index is 6.61. The topological polar surface area (TPSA) is 65.9 Å². The van der Waals surface area contributed by atoms with Gasteiger partial charge in [0, 0.05) is 68.8 Å². The van der Waals surface area contributed by atoms with Crippen LogP contribution in [0.4, 0.5) is 5.95 Å². The maximum absolute atomic E-state index is 6.61. The summed E-state index contributed by atoms with van der Waals surface area (Å²) in [6.07, 6.45) is 5.45. The molecule has 9 heteroatoms. The monoisotopic (exact) mass is 570 g/mol. The van der Waals surface area contributed by atoms with Crippen molar-refractivity contribution in [3.05, 3.63) is 53.3 Å². The van der Waals surface area contributed by atoms with Crippen LogP contribution in [0.5, 0.6) is 0 Å². The number of aromatic nitrogens is 2. The second-order valence-corrected chi connectivity index (χ2v) is 8.47. The molecule has 1 N–H and O–H groups in total. The van der Waals surface area contributed by atoms with Gasteiger partial charge in [0.1, 0.15) is 0 Å². The van der Waals surface area contributed by atoms with Gasteiger partial charge in [0.2, 0.25) is 5.95 Å². The van der Waals surface area contributed by atoms with E-state index in [1.54, 1.807) is 12.4 Å². The summed E-state index contributed by atoms with van der Waals surface area (Å²) < 4.78 is 5.68. The van der Waals surface area contributed by atoms with E-state index in [9.17, 15) is 0 Å². The van der Waals surface area contributed by atoms with Crippen LogP contribution in [0.3, 0.4) is 0 Å². The van der Waals surface area contributed by atoms with Crippen molar-refractivity contribution in [2.75, 3.05) is 57.4 Å². The van der Waals surface area contributed by atoms with Crippen LogP contribution < -0.4 is 10.2 Å². The van der Waals surface area contributed by atoms with Crippen LogP contribution in [0.15, 0.2) is 47.7 Å². The van der Waals surface area contributed by atoms with Gasteiger partial charge >= 0.3 is 0 Å². The highest BCUT2D eigenvalue weighted by Gasteiger charge is 2.36. The minimum Gasteiger partial charge on any atom is -0.381 e. The van der Waals surface area contributed by atoms with Crippen molar-refractivity contribution in [2.24, 2.45) is 4.99 Å². The summed E-state index contributed by atoms with van der Waals surface area (Å²) in [5, 5.41) is 4.31. The van der Waals surface area contributed by atoms with Crippen LogP contribution in [-0.4, -0.2) is 73.3 Å². The van der Waals surface area contributed by atoms with Gasteiger partial charge in [-0.25, -0.2) is 9.97 Å². The van der Waals surface area contributed by atoms with Crippen LogP contribution in [0, 0.1) is 0 Å². The minimum atomic E-state index is -0.0863. The Bertz CT molecular complexity index is 870. The Kier molecular flexibility index (Phi) is 9.36. The smallest absolute Gasteiger partial charge is 0.225 e. The first-order chi connectivity index (χ1) is 15.2. The van der Waals surface area contributed by atoms with Gasteiger partial charge in [0.25, 0.3) is 0 Å². The lowest BCUT2D eigenvalue weighted by molar-refractivity contribution is 0.0530. The first-order valence-electron chi connectivity index (χ1n) is 11.1. The number of aliphatic imine (C=N–C) groups is 1. The molecule has 0 atom stereocenters. The number of halogens is 2. The van der Waals surface area contributed by atoms with E-state index in [2.05, 4.69) is 44.1 Å². The summed E-state index contributed by atoms with van der Waals surface area (Å²) in [5.74, 6) is 1.76. The molecule has 174 valence electrons. The highest BCUT2D eigenvalue weighted by molar-refractivity contribution is 14.0. The lowest BCUT2D eigenvalue weighted by atomic mass is 9.74. The first-order valence-corrected chi connectivity index (χ1v) is 11.5. The number of anilines is 1. The molecule has 3 heterocycles. The number of guanidine groups is 1.